The van der Waals surface area contributed by atoms with Crippen molar-refractivity contribution in [1.29, 1.82) is 0 Å². The molecule has 0 saturated carbocycles. The molecule has 0 saturated heterocycles. The van der Waals surface area contributed by atoms with Crippen LogP contribution in [0.1, 0.15) is 36.5 Å². The minimum Gasteiger partial charge on any atom is -0.396 e. The van der Waals surface area contributed by atoms with Crippen LogP contribution in [0.15, 0.2) is 22.9 Å². The maximum absolute atomic E-state index is 11.9. The SMILES string of the molecule is CCCC(CCO)CNC(=O)c1ccnc(Br)c1. The lowest BCUT2D eigenvalue weighted by Crippen LogP contribution is -2.29. The van der Waals surface area contributed by atoms with E-state index in [4.69, 9.17) is 5.11 Å². The number of hydrogen-bond acceptors (Lipinski definition) is 3. The van der Waals surface area contributed by atoms with Crippen molar-refractivity contribution in [2.24, 2.45) is 5.92 Å². The zero-order valence-electron chi connectivity index (χ0n) is 10.5. The highest BCUT2D eigenvalue weighted by Gasteiger charge is 2.11. The smallest absolute Gasteiger partial charge is 0.251 e. The Hall–Kier alpha value is -0.940. The van der Waals surface area contributed by atoms with Crippen LogP contribution in [0.5, 0.6) is 0 Å². The third kappa shape index (κ3) is 5.14. The summed E-state index contributed by atoms with van der Waals surface area (Å²) < 4.78 is 0.649. The molecule has 1 aromatic heterocycles. The van der Waals surface area contributed by atoms with Gasteiger partial charge in [0.15, 0.2) is 0 Å². The predicted molar refractivity (Wildman–Crippen MR) is 74.4 cm³/mol. The van der Waals surface area contributed by atoms with E-state index < -0.39 is 0 Å². The van der Waals surface area contributed by atoms with Gasteiger partial charge in [0.1, 0.15) is 4.60 Å². The Kier molecular flexibility index (Phi) is 6.90. The molecule has 100 valence electrons. The average Bonchev–Trinajstić information content (AvgIpc) is 2.36. The molecule has 1 unspecified atom stereocenters. The number of aromatic nitrogens is 1. The van der Waals surface area contributed by atoms with E-state index in [0.717, 1.165) is 19.3 Å². The second kappa shape index (κ2) is 8.21. The van der Waals surface area contributed by atoms with Gasteiger partial charge in [0.2, 0.25) is 0 Å². The Morgan fingerprint density at radius 1 is 1.56 bits per heavy atom. The molecule has 0 radical (unpaired) electrons. The molecule has 0 bridgehead atoms. The van der Waals surface area contributed by atoms with Crippen LogP contribution in [0.4, 0.5) is 0 Å². The molecular weight excluding hydrogens is 296 g/mol. The molecule has 0 aliphatic heterocycles. The summed E-state index contributed by atoms with van der Waals surface area (Å²) in [4.78, 5) is 15.9. The zero-order valence-corrected chi connectivity index (χ0v) is 12.1. The summed E-state index contributed by atoms with van der Waals surface area (Å²) in [7, 11) is 0. The monoisotopic (exact) mass is 314 g/mol. The van der Waals surface area contributed by atoms with Crippen molar-refractivity contribution in [3.8, 4) is 0 Å². The van der Waals surface area contributed by atoms with Gasteiger partial charge in [-0.25, -0.2) is 4.98 Å². The largest absolute Gasteiger partial charge is 0.396 e. The van der Waals surface area contributed by atoms with Gasteiger partial charge in [-0.1, -0.05) is 13.3 Å². The van der Waals surface area contributed by atoms with E-state index in [2.05, 4.69) is 33.2 Å². The number of amides is 1. The van der Waals surface area contributed by atoms with Crippen molar-refractivity contribution in [1.82, 2.24) is 10.3 Å². The zero-order chi connectivity index (χ0) is 13.4. The minimum atomic E-state index is -0.0999. The normalized spacial score (nSPS) is 12.2. The highest BCUT2D eigenvalue weighted by molar-refractivity contribution is 9.10. The van der Waals surface area contributed by atoms with Crippen LogP contribution in [-0.4, -0.2) is 29.1 Å². The molecule has 4 nitrogen and oxygen atoms in total. The number of rotatable bonds is 7. The fraction of sp³-hybridized carbons (Fsp3) is 0.538. The Bertz CT molecular complexity index is 379. The highest BCUT2D eigenvalue weighted by Crippen LogP contribution is 2.11. The van der Waals surface area contributed by atoms with E-state index >= 15 is 0 Å². The number of nitrogens with zero attached hydrogens (tertiary/aromatic N) is 1. The van der Waals surface area contributed by atoms with Crippen LogP contribution in [-0.2, 0) is 0 Å². The quantitative estimate of drug-likeness (QED) is 0.759. The fourth-order valence-corrected chi connectivity index (χ4v) is 2.19. The van der Waals surface area contributed by atoms with Gasteiger partial charge in [-0.3, -0.25) is 4.79 Å². The average molecular weight is 315 g/mol. The minimum absolute atomic E-state index is 0.0999. The van der Waals surface area contributed by atoms with E-state index in [0.29, 0.717) is 22.6 Å². The number of halogens is 1. The van der Waals surface area contributed by atoms with Gasteiger partial charge in [0, 0.05) is 24.9 Å². The van der Waals surface area contributed by atoms with E-state index in [1.165, 1.54) is 0 Å². The van der Waals surface area contributed by atoms with E-state index in [-0.39, 0.29) is 12.5 Å². The van der Waals surface area contributed by atoms with Gasteiger partial charge in [0.25, 0.3) is 5.91 Å². The fourth-order valence-electron chi connectivity index (χ4n) is 1.82. The summed E-state index contributed by atoms with van der Waals surface area (Å²) in [5.41, 5.74) is 0.594. The summed E-state index contributed by atoms with van der Waals surface area (Å²) in [5, 5.41) is 11.9. The van der Waals surface area contributed by atoms with Crippen molar-refractivity contribution < 1.29 is 9.90 Å². The molecule has 0 aromatic carbocycles. The third-order valence-electron chi connectivity index (χ3n) is 2.77. The van der Waals surface area contributed by atoms with Crippen molar-refractivity contribution in [2.75, 3.05) is 13.2 Å². The number of carbonyl (C=O) groups is 1. The maximum atomic E-state index is 11.9. The predicted octanol–water partition coefficient (Wildman–Crippen LogP) is 2.37. The second-order valence-corrected chi connectivity index (χ2v) is 5.06. The molecular formula is C13H19BrN2O2. The Morgan fingerprint density at radius 3 is 2.94 bits per heavy atom. The van der Waals surface area contributed by atoms with Crippen molar-refractivity contribution >= 4 is 21.8 Å². The van der Waals surface area contributed by atoms with Gasteiger partial charge in [-0.2, -0.15) is 0 Å². The van der Waals surface area contributed by atoms with Crippen molar-refractivity contribution in [3.05, 3.63) is 28.5 Å². The summed E-state index contributed by atoms with van der Waals surface area (Å²) in [5.74, 6) is 0.242. The standard InChI is InChI=1S/C13H19BrN2O2/c1-2-3-10(5-7-17)9-16-13(18)11-4-6-15-12(14)8-11/h4,6,8,10,17H,2-3,5,7,9H2,1H3,(H,16,18). The summed E-state index contributed by atoms with van der Waals surface area (Å²) in [6.07, 6.45) is 4.40. The molecule has 1 rings (SSSR count). The third-order valence-corrected chi connectivity index (χ3v) is 3.21. The molecule has 0 aliphatic rings. The molecule has 1 aromatic rings. The number of nitrogens with one attached hydrogen (secondary N) is 1. The molecule has 2 N–H and O–H groups in total. The Balaban J connectivity index is 2.49. The van der Waals surface area contributed by atoms with Gasteiger partial charge in [0.05, 0.1) is 0 Å². The van der Waals surface area contributed by atoms with Gasteiger partial charge < -0.3 is 10.4 Å². The molecule has 1 atom stereocenters. The molecule has 0 fully saturated rings. The van der Waals surface area contributed by atoms with Crippen molar-refractivity contribution in [3.63, 3.8) is 0 Å². The lowest BCUT2D eigenvalue weighted by atomic mass is 10.00. The molecule has 1 amide bonds. The molecule has 5 heteroatoms. The van der Waals surface area contributed by atoms with E-state index in [9.17, 15) is 4.79 Å². The molecule has 0 spiro atoms. The molecule has 18 heavy (non-hydrogen) atoms. The Morgan fingerprint density at radius 2 is 2.33 bits per heavy atom. The van der Waals surface area contributed by atoms with Gasteiger partial charge in [-0.05, 0) is 46.8 Å². The van der Waals surface area contributed by atoms with Crippen molar-refractivity contribution in [2.45, 2.75) is 26.2 Å². The van der Waals surface area contributed by atoms with Crippen LogP contribution in [0, 0.1) is 5.92 Å². The number of carbonyl (C=O) groups excluding carboxylic acids is 1. The summed E-state index contributed by atoms with van der Waals surface area (Å²) in [6, 6.07) is 3.37. The maximum Gasteiger partial charge on any atom is 0.251 e. The highest BCUT2D eigenvalue weighted by atomic mass is 79.9. The molecule has 0 aliphatic carbocycles. The van der Waals surface area contributed by atoms with Crippen LogP contribution < -0.4 is 5.32 Å². The second-order valence-electron chi connectivity index (χ2n) is 4.24. The molecule has 1 heterocycles. The number of hydrogen-bond donors (Lipinski definition) is 2. The van der Waals surface area contributed by atoms with Crippen LogP contribution in [0.2, 0.25) is 0 Å². The topological polar surface area (TPSA) is 62.2 Å². The number of aliphatic hydroxyl groups excluding tert-OH is 1. The first-order valence-corrected chi connectivity index (χ1v) is 6.97. The van der Waals surface area contributed by atoms with Gasteiger partial charge in [-0.15, -0.1) is 0 Å². The number of pyridine rings is 1. The Labute approximate surface area is 116 Å². The lowest BCUT2D eigenvalue weighted by Gasteiger charge is -2.15. The lowest BCUT2D eigenvalue weighted by molar-refractivity contribution is 0.0942. The first-order chi connectivity index (χ1) is 8.67. The first-order valence-electron chi connectivity index (χ1n) is 6.18. The van der Waals surface area contributed by atoms with E-state index in [1.807, 2.05) is 0 Å². The summed E-state index contributed by atoms with van der Waals surface area (Å²) in [6.45, 7) is 2.88. The van der Waals surface area contributed by atoms with Crippen LogP contribution in [0.25, 0.3) is 0 Å². The van der Waals surface area contributed by atoms with Crippen LogP contribution in [0.3, 0.4) is 0 Å². The van der Waals surface area contributed by atoms with E-state index in [1.54, 1.807) is 18.3 Å². The van der Waals surface area contributed by atoms with Gasteiger partial charge >= 0.3 is 0 Å². The van der Waals surface area contributed by atoms with Crippen LogP contribution >= 0.6 is 15.9 Å². The summed E-state index contributed by atoms with van der Waals surface area (Å²) >= 11 is 3.24. The number of aliphatic hydroxyl groups is 1. The first kappa shape index (κ1) is 15.1.